The molecule has 0 aliphatic carbocycles. The summed E-state index contributed by atoms with van der Waals surface area (Å²) in [4.78, 5) is 28.2. The van der Waals surface area contributed by atoms with Crippen LogP contribution in [0.2, 0.25) is 0 Å². The summed E-state index contributed by atoms with van der Waals surface area (Å²) >= 11 is 0. The number of H-pyrrole nitrogens is 1. The number of aromatic nitrogens is 2. The fraction of sp³-hybridized carbons (Fsp3) is 0.439. The van der Waals surface area contributed by atoms with Gasteiger partial charge in [-0.2, -0.15) is 5.26 Å². The zero-order chi connectivity index (χ0) is 39.3. The molecule has 5 atom stereocenters. The van der Waals surface area contributed by atoms with Crippen LogP contribution in [0.25, 0.3) is 0 Å². The van der Waals surface area contributed by atoms with Crippen molar-refractivity contribution in [3.05, 3.63) is 128 Å². The van der Waals surface area contributed by atoms with Crippen molar-refractivity contribution in [2.45, 2.75) is 82.8 Å². The van der Waals surface area contributed by atoms with Gasteiger partial charge < -0.3 is 32.7 Å². The lowest BCUT2D eigenvalue weighted by Gasteiger charge is -2.41. The lowest BCUT2D eigenvalue weighted by Crippen LogP contribution is -2.49. The molecule has 6 rings (SSSR count). The summed E-state index contributed by atoms with van der Waals surface area (Å²) in [7, 11) is 1.48. The fourth-order valence-electron chi connectivity index (χ4n) is 7.35. The summed E-state index contributed by atoms with van der Waals surface area (Å²) in [6.45, 7) is 10.1. The van der Waals surface area contributed by atoms with Crippen molar-refractivity contribution in [1.82, 2.24) is 14.2 Å². The van der Waals surface area contributed by atoms with E-state index in [4.69, 9.17) is 32.7 Å². The van der Waals surface area contributed by atoms with Crippen LogP contribution in [0.5, 0.6) is 11.5 Å². The van der Waals surface area contributed by atoms with Crippen molar-refractivity contribution >= 4 is 8.53 Å². The Labute approximate surface area is 322 Å². The van der Waals surface area contributed by atoms with E-state index in [1.54, 1.807) is 21.1 Å². The molecule has 2 aliphatic rings. The van der Waals surface area contributed by atoms with Crippen LogP contribution in [0.15, 0.2) is 94.6 Å². The van der Waals surface area contributed by atoms with Gasteiger partial charge in [-0.3, -0.25) is 14.3 Å². The average molecular weight is 773 g/mol. The molecule has 0 amide bonds. The van der Waals surface area contributed by atoms with Gasteiger partial charge in [0.05, 0.1) is 46.5 Å². The molecular weight excluding hydrogens is 723 g/mol. The highest BCUT2D eigenvalue weighted by Gasteiger charge is 2.65. The van der Waals surface area contributed by atoms with Crippen LogP contribution in [-0.4, -0.2) is 78.2 Å². The average Bonchev–Trinajstić information content (AvgIpc) is 3.68. The van der Waals surface area contributed by atoms with Gasteiger partial charge in [0.2, 0.25) is 0 Å². The number of aryl methyl sites for hydroxylation is 1. The van der Waals surface area contributed by atoms with Crippen LogP contribution >= 0.6 is 8.53 Å². The second-order valence-corrected chi connectivity index (χ2v) is 15.6. The predicted molar refractivity (Wildman–Crippen MR) is 207 cm³/mol. The molecule has 0 radical (unpaired) electrons. The quantitative estimate of drug-likeness (QED) is 0.0744. The highest BCUT2D eigenvalue weighted by Crippen LogP contribution is 2.56. The molecule has 2 unspecified atom stereocenters. The fourth-order valence-corrected chi connectivity index (χ4v) is 9.16. The van der Waals surface area contributed by atoms with Crippen LogP contribution in [0.1, 0.15) is 62.6 Å². The van der Waals surface area contributed by atoms with Crippen molar-refractivity contribution < 1.29 is 32.7 Å². The van der Waals surface area contributed by atoms with Gasteiger partial charge in [-0.1, -0.05) is 54.6 Å². The Morgan fingerprint density at radius 1 is 0.945 bits per heavy atom. The number of nitriles is 1. The van der Waals surface area contributed by atoms with Gasteiger partial charge in [0.25, 0.3) is 14.1 Å². The largest absolute Gasteiger partial charge is 0.497 e. The number of rotatable bonds is 17. The lowest BCUT2D eigenvalue weighted by molar-refractivity contribution is -0.203. The molecule has 13 nitrogen and oxygen atoms in total. The SMILES string of the molecule is COc1ccc(C(OC[C@@]23COC([C@H](n4cc(C)c(=O)[nH]c4=O)O2)[C@H]3OP(OCCC#N)N(C(C)C)C(C)C)(c2ccccc2)c2ccc(OC)cc2)cc1. The number of hydrogen-bond donors (Lipinski definition) is 1. The molecule has 2 fully saturated rings. The number of nitrogens with zero attached hydrogens (tertiary/aromatic N) is 3. The lowest BCUT2D eigenvalue weighted by atomic mass is 9.79. The zero-order valence-corrected chi connectivity index (χ0v) is 33.2. The Kier molecular flexibility index (Phi) is 12.6. The van der Waals surface area contributed by atoms with Gasteiger partial charge in [0.1, 0.15) is 34.9 Å². The number of aromatic amines is 1. The van der Waals surface area contributed by atoms with Gasteiger partial charge in [-0.15, -0.1) is 0 Å². The number of benzene rings is 3. The number of ether oxygens (including phenoxy) is 5. The van der Waals surface area contributed by atoms with E-state index in [-0.39, 0.29) is 38.3 Å². The highest BCUT2D eigenvalue weighted by molar-refractivity contribution is 7.44. The smallest absolute Gasteiger partial charge is 0.330 e. The second-order valence-electron chi connectivity index (χ2n) is 14.2. The summed E-state index contributed by atoms with van der Waals surface area (Å²) in [5.41, 5.74) is -0.751. The Morgan fingerprint density at radius 2 is 1.53 bits per heavy atom. The number of hydrogen-bond acceptors (Lipinski definition) is 11. The van der Waals surface area contributed by atoms with Crippen molar-refractivity contribution in [3.63, 3.8) is 0 Å². The molecule has 4 aromatic rings. The van der Waals surface area contributed by atoms with E-state index >= 15 is 0 Å². The van der Waals surface area contributed by atoms with Gasteiger partial charge in [-0.25, -0.2) is 9.46 Å². The van der Waals surface area contributed by atoms with Gasteiger partial charge in [0, 0.05) is 23.8 Å². The molecule has 292 valence electrons. The van der Waals surface area contributed by atoms with E-state index < -0.39 is 49.4 Å². The standard InChI is InChI=1S/C41H49N4O9P/c1-27(2)45(28(3)4)55(52-23-11-22-42)54-36-35-38(44-24-29(5)37(46)43-39(44)47)53-40(36,25-50-35)26-51-41(30-12-9-8-10-13-30,31-14-18-33(48-6)19-15-31)32-16-20-34(49-7)21-17-32/h8-10,12-21,24,27-28,35-36,38H,11,23,25-26H2,1-7H3,(H,43,46,47)/t35?,36-,38-,40-,55?/m1/s1. The molecule has 55 heavy (non-hydrogen) atoms. The molecule has 1 aromatic heterocycles. The molecule has 3 heterocycles. The minimum Gasteiger partial charge on any atom is -0.497 e. The Hall–Kier alpha value is -4.38. The maximum absolute atomic E-state index is 13.3. The van der Waals surface area contributed by atoms with Crippen LogP contribution < -0.4 is 20.7 Å². The maximum atomic E-state index is 13.3. The van der Waals surface area contributed by atoms with Gasteiger partial charge in [-0.05, 0) is 75.6 Å². The Morgan fingerprint density at radius 3 is 2.07 bits per heavy atom. The van der Waals surface area contributed by atoms with Crippen LogP contribution in [0.3, 0.4) is 0 Å². The first-order chi connectivity index (χ1) is 26.5. The highest BCUT2D eigenvalue weighted by atomic mass is 31.2. The molecule has 2 aliphatic heterocycles. The third kappa shape index (κ3) is 8.00. The third-order valence-electron chi connectivity index (χ3n) is 9.97. The molecule has 14 heteroatoms. The monoisotopic (exact) mass is 772 g/mol. The summed E-state index contributed by atoms with van der Waals surface area (Å²) in [5, 5.41) is 9.37. The van der Waals surface area contributed by atoms with Crippen molar-refractivity contribution in [2.24, 2.45) is 0 Å². The number of fused-ring (bicyclic) bond motifs is 2. The topological polar surface area (TPSA) is 147 Å². The summed E-state index contributed by atoms with van der Waals surface area (Å²) < 4.78 is 48.7. The van der Waals surface area contributed by atoms with Crippen LogP contribution in [0, 0.1) is 18.3 Å². The van der Waals surface area contributed by atoms with E-state index in [9.17, 15) is 14.9 Å². The molecule has 0 saturated carbocycles. The molecular formula is C41H49N4O9P. The van der Waals surface area contributed by atoms with E-state index in [1.807, 2.05) is 78.9 Å². The summed E-state index contributed by atoms with van der Waals surface area (Å²) in [6.07, 6.45) is -0.901. The first-order valence-electron chi connectivity index (χ1n) is 18.3. The minimum absolute atomic E-state index is 0.0254. The van der Waals surface area contributed by atoms with E-state index in [0.717, 1.165) is 16.7 Å². The third-order valence-corrected chi connectivity index (χ3v) is 12.1. The van der Waals surface area contributed by atoms with E-state index in [0.29, 0.717) is 17.1 Å². The van der Waals surface area contributed by atoms with Crippen LogP contribution in [-0.2, 0) is 28.9 Å². The van der Waals surface area contributed by atoms with Crippen LogP contribution in [0.4, 0.5) is 0 Å². The maximum Gasteiger partial charge on any atom is 0.330 e. The zero-order valence-electron chi connectivity index (χ0n) is 32.3. The molecule has 2 saturated heterocycles. The molecule has 1 N–H and O–H groups in total. The normalized spacial score (nSPS) is 21.3. The predicted octanol–water partition coefficient (Wildman–Crippen LogP) is 6.20. The molecule has 0 spiro atoms. The van der Waals surface area contributed by atoms with Crippen molar-refractivity contribution in [2.75, 3.05) is 34.0 Å². The Balaban J connectivity index is 1.49. The first-order valence-corrected chi connectivity index (χ1v) is 19.5. The van der Waals surface area contributed by atoms with Gasteiger partial charge in [0.15, 0.2) is 6.23 Å². The van der Waals surface area contributed by atoms with Gasteiger partial charge >= 0.3 is 5.69 Å². The summed E-state index contributed by atoms with van der Waals surface area (Å²) in [5.74, 6) is 1.38. The molecule has 2 bridgehead atoms. The van der Waals surface area contributed by atoms with Crippen molar-refractivity contribution in [1.29, 1.82) is 5.26 Å². The summed E-state index contributed by atoms with van der Waals surface area (Å²) in [6, 6.07) is 27.6. The second kappa shape index (κ2) is 17.2. The molecule has 3 aromatic carbocycles. The first kappa shape index (κ1) is 40.3. The Bertz CT molecular complexity index is 1990. The van der Waals surface area contributed by atoms with E-state index in [2.05, 4.69) is 43.4 Å². The number of nitrogens with one attached hydrogen (secondary N) is 1. The van der Waals surface area contributed by atoms with E-state index in [1.165, 1.54) is 10.8 Å². The number of methoxy groups -OCH3 is 2. The van der Waals surface area contributed by atoms with Crippen molar-refractivity contribution in [3.8, 4) is 17.6 Å². The minimum atomic E-state index is -1.77.